The minimum atomic E-state index is -0.600. The molecule has 1 saturated heterocycles. The van der Waals surface area contributed by atoms with Gasteiger partial charge in [0.1, 0.15) is 5.82 Å². The molecule has 1 amide bonds. The molecule has 0 aromatic heterocycles. The average molecular weight is 251 g/mol. The van der Waals surface area contributed by atoms with Crippen LogP contribution in [0, 0.1) is 5.82 Å². The smallest absolute Gasteiger partial charge is 0.248 e. The minimum Gasteiger partial charge on any atom is -0.366 e. The van der Waals surface area contributed by atoms with E-state index in [0.29, 0.717) is 18.2 Å². The Labute approximate surface area is 106 Å². The number of carbonyl (C=O) groups excluding carboxylic acids is 1. The van der Waals surface area contributed by atoms with Gasteiger partial charge in [-0.2, -0.15) is 0 Å². The van der Waals surface area contributed by atoms with E-state index in [-0.39, 0.29) is 11.4 Å². The van der Waals surface area contributed by atoms with Crippen molar-refractivity contribution >= 4 is 5.91 Å². The maximum atomic E-state index is 13.8. The van der Waals surface area contributed by atoms with Gasteiger partial charge in [-0.3, -0.25) is 9.69 Å². The molecule has 98 valence electrons. The molecule has 1 atom stereocenters. The monoisotopic (exact) mass is 251 g/mol. The summed E-state index contributed by atoms with van der Waals surface area (Å²) in [6.07, 6.45) is 1.08. The van der Waals surface area contributed by atoms with Crippen LogP contribution in [0.2, 0.25) is 0 Å². The second-order valence-corrected chi connectivity index (χ2v) is 4.68. The van der Waals surface area contributed by atoms with Crippen molar-refractivity contribution in [3.05, 3.63) is 35.1 Å². The van der Waals surface area contributed by atoms with E-state index < -0.39 is 5.91 Å². The van der Waals surface area contributed by atoms with E-state index in [2.05, 4.69) is 10.2 Å². The summed E-state index contributed by atoms with van der Waals surface area (Å²) in [6.45, 7) is 2.46. The summed E-state index contributed by atoms with van der Waals surface area (Å²) in [4.78, 5) is 13.1. The van der Waals surface area contributed by atoms with Gasteiger partial charge in [0.15, 0.2) is 0 Å². The van der Waals surface area contributed by atoms with E-state index >= 15 is 0 Å². The Morgan fingerprint density at radius 2 is 2.39 bits per heavy atom. The number of likely N-dealkylation sites (N-methyl/N-ethyl adjacent to an activating group) is 1. The summed E-state index contributed by atoms with van der Waals surface area (Å²) >= 11 is 0. The van der Waals surface area contributed by atoms with Gasteiger partial charge in [-0.05, 0) is 25.6 Å². The number of carbonyl (C=O) groups is 1. The highest BCUT2D eigenvalue weighted by atomic mass is 19.1. The zero-order valence-electron chi connectivity index (χ0n) is 10.4. The topological polar surface area (TPSA) is 58.4 Å². The van der Waals surface area contributed by atoms with Crippen LogP contribution in [-0.4, -0.2) is 37.0 Å². The molecule has 0 bridgehead atoms. The van der Waals surface area contributed by atoms with E-state index in [1.165, 1.54) is 6.07 Å². The Bertz CT molecular complexity index is 450. The first-order valence-electron chi connectivity index (χ1n) is 6.08. The molecule has 3 N–H and O–H groups in total. The van der Waals surface area contributed by atoms with Gasteiger partial charge in [0, 0.05) is 36.8 Å². The number of benzene rings is 1. The Morgan fingerprint density at radius 1 is 1.61 bits per heavy atom. The third kappa shape index (κ3) is 2.86. The maximum Gasteiger partial charge on any atom is 0.248 e. The van der Waals surface area contributed by atoms with E-state index in [1.807, 2.05) is 7.05 Å². The van der Waals surface area contributed by atoms with Crippen LogP contribution in [0.1, 0.15) is 22.3 Å². The number of halogens is 1. The lowest BCUT2D eigenvalue weighted by Gasteiger charge is -2.16. The average Bonchev–Trinajstić information content (AvgIpc) is 2.79. The van der Waals surface area contributed by atoms with Crippen molar-refractivity contribution in [1.82, 2.24) is 10.2 Å². The van der Waals surface area contributed by atoms with Gasteiger partial charge in [0.05, 0.1) is 0 Å². The number of primary amides is 1. The van der Waals surface area contributed by atoms with Crippen molar-refractivity contribution in [1.29, 1.82) is 0 Å². The summed E-state index contributed by atoms with van der Waals surface area (Å²) in [7, 11) is 1.94. The van der Waals surface area contributed by atoms with Gasteiger partial charge < -0.3 is 11.1 Å². The molecule has 0 saturated carbocycles. The zero-order chi connectivity index (χ0) is 13.1. The largest absolute Gasteiger partial charge is 0.366 e. The molecular weight excluding hydrogens is 233 g/mol. The highest BCUT2D eigenvalue weighted by Crippen LogP contribution is 2.16. The first kappa shape index (κ1) is 13.0. The van der Waals surface area contributed by atoms with E-state index in [9.17, 15) is 9.18 Å². The van der Waals surface area contributed by atoms with Crippen LogP contribution < -0.4 is 11.1 Å². The molecular formula is C13H18FN3O. The molecule has 1 aliphatic heterocycles. The number of nitrogens with two attached hydrogens (primary N) is 1. The van der Waals surface area contributed by atoms with Crippen LogP contribution >= 0.6 is 0 Å². The summed E-state index contributed by atoms with van der Waals surface area (Å²) < 4.78 is 13.8. The SMILES string of the molecule is CNC1CCN(Cc2ccc(C(N)=O)cc2F)C1. The Kier molecular flexibility index (Phi) is 3.93. The Balaban J connectivity index is 2.04. The molecule has 0 aliphatic carbocycles. The van der Waals surface area contributed by atoms with Crippen molar-refractivity contribution in [2.24, 2.45) is 5.73 Å². The fourth-order valence-electron chi connectivity index (χ4n) is 2.28. The molecule has 1 heterocycles. The third-order valence-corrected chi connectivity index (χ3v) is 3.41. The Morgan fingerprint density at radius 3 is 2.94 bits per heavy atom. The summed E-state index contributed by atoms with van der Waals surface area (Å²) in [5.74, 6) is -0.962. The molecule has 4 nitrogen and oxygen atoms in total. The van der Waals surface area contributed by atoms with Crippen LogP contribution in [0.4, 0.5) is 4.39 Å². The van der Waals surface area contributed by atoms with Gasteiger partial charge in [-0.15, -0.1) is 0 Å². The van der Waals surface area contributed by atoms with Crippen LogP contribution in [0.3, 0.4) is 0 Å². The number of hydrogen-bond acceptors (Lipinski definition) is 3. The maximum absolute atomic E-state index is 13.8. The quantitative estimate of drug-likeness (QED) is 0.829. The molecule has 0 radical (unpaired) electrons. The molecule has 1 aromatic carbocycles. The van der Waals surface area contributed by atoms with Gasteiger partial charge in [-0.1, -0.05) is 6.07 Å². The second kappa shape index (κ2) is 5.46. The van der Waals surface area contributed by atoms with Crippen LogP contribution in [-0.2, 0) is 6.54 Å². The van der Waals surface area contributed by atoms with Gasteiger partial charge in [-0.25, -0.2) is 4.39 Å². The third-order valence-electron chi connectivity index (χ3n) is 3.41. The zero-order valence-corrected chi connectivity index (χ0v) is 10.4. The fourth-order valence-corrected chi connectivity index (χ4v) is 2.28. The molecule has 1 aliphatic rings. The van der Waals surface area contributed by atoms with Crippen LogP contribution in [0.5, 0.6) is 0 Å². The van der Waals surface area contributed by atoms with E-state index in [1.54, 1.807) is 12.1 Å². The molecule has 18 heavy (non-hydrogen) atoms. The molecule has 2 rings (SSSR count). The molecule has 0 spiro atoms. The fraction of sp³-hybridized carbons (Fsp3) is 0.462. The summed E-state index contributed by atoms with van der Waals surface area (Å²) in [5, 5.41) is 3.22. The lowest BCUT2D eigenvalue weighted by Crippen LogP contribution is -2.29. The highest BCUT2D eigenvalue weighted by molar-refractivity contribution is 5.92. The first-order chi connectivity index (χ1) is 8.60. The number of hydrogen-bond donors (Lipinski definition) is 2. The van der Waals surface area contributed by atoms with Gasteiger partial charge in [0.2, 0.25) is 5.91 Å². The molecule has 1 unspecified atom stereocenters. The van der Waals surface area contributed by atoms with Gasteiger partial charge in [0.25, 0.3) is 0 Å². The molecule has 1 aromatic rings. The number of amides is 1. The molecule has 1 fully saturated rings. The Hall–Kier alpha value is -1.46. The lowest BCUT2D eigenvalue weighted by molar-refractivity contribution is 0.1000. The van der Waals surface area contributed by atoms with Crippen molar-refractivity contribution in [3.63, 3.8) is 0 Å². The van der Waals surface area contributed by atoms with Crippen LogP contribution in [0.15, 0.2) is 18.2 Å². The van der Waals surface area contributed by atoms with Crippen LogP contribution in [0.25, 0.3) is 0 Å². The van der Waals surface area contributed by atoms with Crippen molar-refractivity contribution < 1.29 is 9.18 Å². The number of nitrogens with one attached hydrogen (secondary N) is 1. The van der Waals surface area contributed by atoms with Crippen molar-refractivity contribution in [3.8, 4) is 0 Å². The van der Waals surface area contributed by atoms with Gasteiger partial charge >= 0.3 is 0 Å². The first-order valence-corrected chi connectivity index (χ1v) is 6.08. The minimum absolute atomic E-state index is 0.214. The van der Waals surface area contributed by atoms with Crippen molar-refractivity contribution in [2.75, 3.05) is 20.1 Å². The number of likely N-dealkylation sites (tertiary alicyclic amines) is 1. The highest BCUT2D eigenvalue weighted by Gasteiger charge is 2.21. The summed E-state index contributed by atoms with van der Waals surface area (Å²) in [6, 6.07) is 4.91. The van der Waals surface area contributed by atoms with E-state index in [0.717, 1.165) is 19.5 Å². The standard InChI is InChI=1S/C13H18FN3O/c1-16-11-4-5-17(8-11)7-10-3-2-9(13(15)18)6-12(10)14/h2-3,6,11,16H,4-5,7-8H2,1H3,(H2,15,18). The normalized spacial score (nSPS) is 20.2. The predicted octanol–water partition coefficient (Wildman–Crippen LogP) is 0.718. The predicted molar refractivity (Wildman–Crippen MR) is 67.7 cm³/mol. The summed E-state index contributed by atoms with van der Waals surface area (Å²) in [5.41, 5.74) is 5.93. The number of rotatable bonds is 4. The van der Waals surface area contributed by atoms with E-state index in [4.69, 9.17) is 5.73 Å². The lowest BCUT2D eigenvalue weighted by atomic mass is 10.1. The molecule has 5 heteroatoms. The van der Waals surface area contributed by atoms with Crippen molar-refractivity contribution in [2.45, 2.75) is 19.0 Å². The number of nitrogens with zero attached hydrogens (tertiary/aromatic N) is 1. The second-order valence-electron chi connectivity index (χ2n) is 4.68.